The second-order valence-electron chi connectivity index (χ2n) is 6.88. The first-order valence-corrected chi connectivity index (χ1v) is 10.7. The maximum atomic E-state index is 9.73. The van der Waals surface area contributed by atoms with Crippen LogP contribution in [0.5, 0.6) is 0 Å². The minimum atomic E-state index is -0.0733. The van der Waals surface area contributed by atoms with Crippen LogP contribution in [-0.4, -0.2) is 32.7 Å². The molecule has 6 nitrogen and oxygen atoms in total. The molecule has 0 radical (unpaired) electrons. The van der Waals surface area contributed by atoms with Gasteiger partial charge in [0.1, 0.15) is 4.70 Å². The lowest BCUT2D eigenvalue weighted by atomic mass is 10.0. The average Bonchev–Trinajstić information content (AvgIpc) is 3.02. The summed E-state index contributed by atoms with van der Waals surface area (Å²) in [5, 5.41) is 14.4. The van der Waals surface area contributed by atoms with Crippen molar-refractivity contribution in [1.29, 1.82) is 0 Å². The third-order valence-corrected chi connectivity index (χ3v) is 6.02. The van der Waals surface area contributed by atoms with Crippen molar-refractivity contribution in [3.63, 3.8) is 0 Å². The van der Waals surface area contributed by atoms with Gasteiger partial charge >= 0.3 is 0 Å². The predicted octanol–water partition coefficient (Wildman–Crippen LogP) is 4.34. The van der Waals surface area contributed by atoms with Gasteiger partial charge in [-0.05, 0) is 24.8 Å². The molecule has 0 fully saturated rings. The molecule has 1 aromatic carbocycles. The van der Waals surface area contributed by atoms with Crippen LogP contribution in [0.3, 0.4) is 0 Å². The van der Waals surface area contributed by atoms with Crippen LogP contribution in [0.25, 0.3) is 10.3 Å². The van der Waals surface area contributed by atoms with Gasteiger partial charge < -0.3 is 16.2 Å². The number of nitrogens with two attached hydrogens (primary N) is 1. The summed E-state index contributed by atoms with van der Waals surface area (Å²) < 4.78 is 0.825. The molecule has 8 heteroatoms. The van der Waals surface area contributed by atoms with Crippen molar-refractivity contribution < 1.29 is 5.11 Å². The van der Waals surface area contributed by atoms with E-state index in [1.54, 1.807) is 11.8 Å². The highest BCUT2D eigenvalue weighted by atomic mass is 32.2. The zero-order chi connectivity index (χ0) is 19.4. The molecule has 1 unspecified atom stereocenters. The molecule has 0 saturated heterocycles. The maximum absolute atomic E-state index is 9.73. The topological polar surface area (TPSA) is 97.0 Å². The second-order valence-corrected chi connectivity index (χ2v) is 9.22. The summed E-state index contributed by atoms with van der Waals surface area (Å²) >= 11 is 2.94. The minimum absolute atomic E-state index is 0.0425. The molecule has 2 aromatic heterocycles. The number of nitrogens with zero attached hydrogens (tertiary/aromatic N) is 3. The number of hydrogen-bond donors (Lipinski definition) is 3. The molecule has 144 valence electrons. The number of fused-ring (bicyclic) bond motifs is 1. The normalized spacial score (nSPS) is 13.8. The Bertz CT molecular complexity index is 884. The van der Waals surface area contributed by atoms with Crippen LogP contribution in [-0.2, 0) is 0 Å². The molecule has 0 saturated carbocycles. The molecule has 0 aliphatic carbocycles. The smallest absolute Gasteiger partial charge is 0.192 e. The highest BCUT2D eigenvalue weighted by Gasteiger charge is 2.18. The summed E-state index contributed by atoms with van der Waals surface area (Å²) in [7, 11) is 0. The summed E-state index contributed by atoms with van der Waals surface area (Å²) in [5.41, 5.74) is 7.71. The number of nitrogens with one attached hydrogen (secondary N) is 1. The van der Waals surface area contributed by atoms with E-state index in [2.05, 4.69) is 48.2 Å². The summed E-state index contributed by atoms with van der Waals surface area (Å²) in [6.07, 6.45) is 0.846. The number of aliphatic hydroxyl groups is 1. The van der Waals surface area contributed by atoms with Gasteiger partial charge in [-0.1, -0.05) is 67.3 Å². The zero-order valence-electron chi connectivity index (χ0n) is 15.7. The molecule has 27 heavy (non-hydrogen) atoms. The van der Waals surface area contributed by atoms with Crippen LogP contribution >= 0.6 is 23.1 Å². The van der Waals surface area contributed by atoms with Gasteiger partial charge in [-0.2, -0.15) is 0 Å². The summed E-state index contributed by atoms with van der Waals surface area (Å²) in [4.78, 5) is 13.6. The fourth-order valence-corrected chi connectivity index (χ4v) is 4.48. The zero-order valence-corrected chi connectivity index (χ0v) is 17.3. The number of nitrogen functional groups attached to an aromatic ring is 1. The third-order valence-electron chi connectivity index (χ3n) is 4.12. The van der Waals surface area contributed by atoms with Gasteiger partial charge in [-0.3, -0.25) is 0 Å². The van der Waals surface area contributed by atoms with Gasteiger partial charge in [0.25, 0.3) is 0 Å². The molecule has 0 spiro atoms. The number of thiazole rings is 1. The summed E-state index contributed by atoms with van der Waals surface area (Å²) in [6.45, 7) is 6.44. The Hall–Kier alpha value is -1.90. The van der Waals surface area contributed by atoms with Gasteiger partial charge in [0, 0.05) is 5.25 Å². The maximum Gasteiger partial charge on any atom is 0.192 e. The van der Waals surface area contributed by atoms with Crippen molar-refractivity contribution in [3.8, 4) is 0 Å². The second kappa shape index (κ2) is 8.86. The fraction of sp³-hybridized carbons (Fsp3) is 0.421. The van der Waals surface area contributed by atoms with E-state index in [1.807, 2.05) is 18.2 Å². The third kappa shape index (κ3) is 5.09. The van der Waals surface area contributed by atoms with Crippen molar-refractivity contribution >= 4 is 44.4 Å². The Balaban J connectivity index is 1.90. The van der Waals surface area contributed by atoms with Crippen LogP contribution in [0.15, 0.2) is 35.5 Å². The summed E-state index contributed by atoms with van der Waals surface area (Å²) in [6, 6.07) is 10.2. The van der Waals surface area contributed by atoms with Gasteiger partial charge in [-0.15, -0.1) is 0 Å². The molecular formula is C19H25N5OS2. The number of aliphatic hydroxyl groups excluding tert-OH is 1. The van der Waals surface area contributed by atoms with E-state index in [1.165, 1.54) is 16.9 Å². The minimum Gasteiger partial charge on any atom is -0.394 e. The Morgan fingerprint density at radius 2 is 1.89 bits per heavy atom. The number of anilines is 2. The van der Waals surface area contributed by atoms with Gasteiger partial charge in [0.05, 0.1) is 12.6 Å². The first-order chi connectivity index (χ1) is 13.0. The molecule has 2 heterocycles. The Kier molecular flexibility index (Phi) is 6.51. The standard InChI is InChI=1S/C19H25N5OS2/c1-11(2)9-14(10-25)21-16-15-17(22-18(20)27-15)24-19(23-16)26-12(3)13-7-5-4-6-8-13/h4-8,11-12,14,25H,9-10H2,1-3H3,(H3,20,21,22,23,24)/t12-,14?/m0/s1. The van der Waals surface area contributed by atoms with Gasteiger partial charge in [0.2, 0.25) is 0 Å². The molecule has 0 aliphatic rings. The molecule has 0 aliphatic heterocycles. The number of hydrogen-bond acceptors (Lipinski definition) is 8. The predicted molar refractivity (Wildman–Crippen MR) is 114 cm³/mol. The Labute approximate surface area is 167 Å². The van der Waals surface area contributed by atoms with E-state index < -0.39 is 0 Å². The van der Waals surface area contributed by atoms with Crippen molar-refractivity contribution in [2.45, 2.75) is 43.6 Å². The number of thioether (sulfide) groups is 1. The largest absolute Gasteiger partial charge is 0.394 e. The van der Waals surface area contributed by atoms with Crippen molar-refractivity contribution in [1.82, 2.24) is 15.0 Å². The van der Waals surface area contributed by atoms with E-state index in [4.69, 9.17) is 10.7 Å². The Morgan fingerprint density at radius 1 is 1.15 bits per heavy atom. The molecule has 3 rings (SSSR count). The Morgan fingerprint density at radius 3 is 2.56 bits per heavy atom. The van der Waals surface area contributed by atoms with E-state index in [0.717, 1.165) is 11.1 Å². The fourth-order valence-electron chi connectivity index (χ4n) is 2.86. The van der Waals surface area contributed by atoms with Crippen LogP contribution in [0.2, 0.25) is 0 Å². The molecule has 3 aromatic rings. The quantitative estimate of drug-likeness (QED) is 0.380. The van der Waals surface area contributed by atoms with Gasteiger partial charge in [0.15, 0.2) is 21.8 Å². The SMILES string of the molecule is CC(C)CC(CO)Nc1nc(S[C@@H](C)c2ccccc2)nc2nc(N)sc12. The van der Waals surface area contributed by atoms with Crippen molar-refractivity contribution in [2.75, 3.05) is 17.7 Å². The molecule has 0 bridgehead atoms. The van der Waals surface area contributed by atoms with Crippen molar-refractivity contribution in [3.05, 3.63) is 35.9 Å². The summed E-state index contributed by atoms with van der Waals surface area (Å²) in [5.74, 6) is 1.15. The number of aromatic nitrogens is 3. The van der Waals surface area contributed by atoms with Crippen molar-refractivity contribution in [2.24, 2.45) is 5.92 Å². The highest BCUT2D eigenvalue weighted by Crippen LogP contribution is 2.36. The van der Waals surface area contributed by atoms with Gasteiger partial charge in [-0.25, -0.2) is 15.0 Å². The lowest BCUT2D eigenvalue weighted by molar-refractivity contribution is 0.259. The lowest BCUT2D eigenvalue weighted by Crippen LogP contribution is -2.26. The molecule has 0 amide bonds. The van der Waals surface area contributed by atoms with E-state index in [-0.39, 0.29) is 17.9 Å². The van der Waals surface area contributed by atoms with Crippen LogP contribution in [0, 0.1) is 5.92 Å². The first kappa shape index (κ1) is 19.9. The number of benzene rings is 1. The average molecular weight is 404 g/mol. The molecular weight excluding hydrogens is 378 g/mol. The highest BCUT2D eigenvalue weighted by molar-refractivity contribution is 7.99. The van der Waals surface area contributed by atoms with Crippen LogP contribution in [0.4, 0.5) is 10.9 Å². The number of rotatable bonds is 8. The van der Waals surface area contributed by atoms with Crippen LogP contribution in [0.1, 0.15) is 38.0 Å². The van der Waals surface area contributed by atoms with E-state index in [0.29, 0.717) is 27.7 Å². The van der Waals surface area contributed by atoms with E-state index >= 15 is 0 Å². The molecule has 4 N–H and O–H groups in total. The molecule has 2 atom stereocenters. The van der Waals surface area contributed by atoms with E-state index in [9.17, 15) is 5.11 Å². The first-order valence-electron chi connectivity index (χ1n) is 8.99. The monoisotopic (exact) mass is 403 g/mol. The van der Waals surface area contributed by atoms with Crippen LogP contribution < -0.4 is 11.1 Å². The lowest BCUT2D eigenvalue weighted by Gasteiger charge is -2.19.